The zero-order valence-corrected chi connectivity index (χ0v) is 15.6. The van der Waals surface area contributed by atoms with Gasteiger partial charge in [-0.1, -0.05) is 12.1 Å². The third-order valence-corrected chi connectivity index (χ3v) is 5.73. The van der Waals surface area contributed by atoms with Crippen LogP contribution in [0, 0.1) is 0 Å². The van der Waals surface area contributed by atoms with Crippen LogP contribution in [0.2, 0.25) is 0 Å². The van der Waals surface area contributed by atoms with E-state index >= 15 is 0 Å². The summed E-state index contributed by atoms with van der Waals surface area (Å²) in [7, 11) is 0. The number of alkyl halides is 3. The van der Waals surface area contributed by atoms with Crippen molar-refractivity contribution in [2.45, 2.75) is 12.6 Å². The van der Waals surface area contributed by atoms with Crippen LogP contribution in [0.1, 0.15) is 12.0 Å². The summed E-state index contributed by atoms with van der Waals surface area (Å²) in [6.45, 7) is 1.67. The van der Waals surface area contributed by atoms with E-state index in [-0.39, 0.29) is 0 Å². The van der Waals surface area contributed by atoms with Crippen LogP contribution < -0.4 is 10.6 Å². The third-order valence-electron chi connectivity index (χ3n) is 4.00. The fourth-order valence-corrected chi connectivity index (χ4v) is 4.27. The molecular weight excluding hydrogens is 393 g/mol. The van der Waals surface area contributed by atoms with Gasteiger partial charge in [0.2, 0.25) is 0 Å². The van der Waals surface area contributed by atoms with E-state index in [0.29, 0.717) is 5.56 Å². The number of anilines is 1. The second-order valence-electron chi connectivity index (χ2n) is 5.95. The van der Waals surface area contributed by atoms with Crippen molar-refractivity contribution in [1.82, 2.24) is 10.3 Å². The highest BCUT2D eigenvalue weighted by Gasteiger charge is 2.30. The van der Waals surface area contributed by atoms with Gasteiger partial charge in [-0.15, -0.1) is 22.7 Å². The van der Waals surface area contributed by atoms with Crippen molar-refractivity contribution in [2.24, 2.45) is 4.99 Å². The van der Waals surface area contributed by atoms with Crippen LogP contribution in [-0.2, 0) is 6.18 Å². The summed E-state index contributed by atoms with van der Waals surface area (Å²) in [5.41, 5.74) is 1.58. The van der Waals surface area contributed by atoms with Crippen LogP contribution in [0.15, 0.2) is 46.1 Å². The molecule has 0 radical (unpaired) electrons. The number of aromatic nitrogens is 1. The highest BCUT2D eigenvalue weighted by atomic mass is 32.1. The normalized spacial score (nSPS) is 14.6. The average molecular weight is 408 g/mol. The molecule has 0 amide bonds. The number of aliphatic imine (C=N–C) groups is 1. The second kappa shape index (κ2) is 7.32. The van der Waals surface area contributed by atoms with Crippen LogP contribution in [0.3, 0.4) is 0 Å². The maximum Gasteiger partial charge on any atom is 0.416 e. The molecule has 1 aromatic carbocycles. The quantitative estimate of drug-likeness (QED) is 0.617. The number of halogens is 3. The molecule has 2 aromatic heterocycles. The zero-order chi connectivity index (χ0) is 18.9. The molecule has 1 aliphatic heterocycles. The van der Waals surface area contributed by atoms with Crippen molar-refractivity contribution in [2.75, 3.05) is 18.4 Å². The number of thiazole rings is 1. The van der Waals surface area contributed by atoms with Crippen molar-refractivity contribution >= 4 is 33.8 Å². The molecule has 0 unspecified atom stereocenters. The Labute approximate surface area is 161 Å². The van der Waals surface area contributed by atoms with E-state index in [4.69, 9.17) is 0 Å². The van der Waals surface area contributed by atoms with Gasteiger partial charge in [0, 0.05) is 34.3 Å². The fourth-order valence-electron chi connectivity index (χ4n) is 2.65. The number of hydrogen-bond donors (Lipinski definition) is 2. The average Bonchev–Trinajstić information content (AvgIpc) is 3.31. The molecule has 0 fully saturated rings. The second-order valence-corrected chi connectivity index (χ2v) is 7.72. The predicted octanol–water partition coefficient (Wildman–Crippen LogP) is 5.32. The van der Waals surface area contributed by atoms with Crippen LogP contribution in [0.5, 0.6) is 0 Å². The van der Waals surface area contributed by atoms with E-state index in [1.807, 2.05) is 16.8 Å². The van der Waals surface area contributed by atoms with Gasteiger partial charge in [0.1, 0.15) is 0 Å². The summed E-state index contributed by atoms with van der Waals surface area (Å²) in [5, 5.41) is 10.9. The fraction of sp³-hybridized carbons (Fsp3) is 0.222. The Morgan fingerprint density at radius 1 is 1.07 bits per heavy atom. The topological polar surface area (TPSA) is 49.3 Å². The summed E-state index contributed by atoms with van der Waals surface area (Å²) in [6.07, 6.45) is -3.33. The molecule has 0 spiro atoms. The predicted molar refractivity (Wildman–Crippen MR) is 104 cm³/mol. The van der Waals surface area contributed by atoms with E-state index < -0.39 is 11.7 Å². The number of hydrogen-bond acceptors (Lipinski definition) is 6. The van der Waals surface area contributed by atoms with E-state index in [1.165, 1.54) is 34.8 Å². The molecule has 1 aliphatic rings. The molecule has 0 saturated heterocycles. The Hall–Kier alpha value is -2.39. The summed E-state index contributed by atoms with van der Waals surface area (Å²) in [4.78, 5) is 9.68. The molecule has 4 rings (SSSR count). The Bertz CT molecular complexity index is 975. The van der Waals surface area contributed by atoms with Crippen LogP contribution in [0.4, 0.5) is 18.3 Å². The molecule has 0 saturated carbocycles. The lowest BCUT2D eigenvalue weighted by Gasteiger charge is -2.14. The summed E-state index contributed by atoms with van der Waals surface area (Å²) >= 11 is 2.86. The molecule has 2 N–H and O–H groups in total. The van der Waals surface area contributed by atoms with Gasteiger partial charge in [-0.25, -0.2) is 4.98 Å². The van der Waals surface area contributed by atoms with E-state index in [2.05, 4.69) is 20.6 Å². The third kappa shape index (κ3) is 4.14. The minimum atomic E-state index is -4.35. The van der Waals surface area contributed by atoms with Crippen molar-refractivity contribution in [3.63, 3.8) is 0 Å². The van der Waals surface area contributed by atoms with Gasteiger partial charge in [-0.3, -0.25) is 4.99 Å². The van der Waals surface area contributed by atoms with Crippen molar-refractivity contribution < 1.29 is 13.2 Å². The minimum absolute atomic E-state index is 0.551. The minimum Gasteiger partial charge on any atom is -0.356 e. The maximum absolute atomic E-state index is 12.9. The summed E-state index contributed by atoms with van der Waals surface area (Å²) in [5.74, 6) is 0.720. The summed E-state index contributed by atoms with van der Waals surface area (Å²) < 4.78 is 38.8. The molecule has 27 heavy (non-hydrogen) atoms. The Kier molecular flexibility index (Phi) is 4.88. The lowest BCUT2D eigenvalue weighted by atomic mass is 10.1. The largest absolute Gasteiger partial charge is 0.416 e. The van der Waals surface area contributed by atoms with Gasteiger partial charge in [0.15, 0.2) is 11.1 Å². The Morgan fingerprint density at radius 3 is 2.74 bits per heavy atom. The van der Waals surface area contributed by atoms with Crippen molar-refractivity contribution in [3.05, 3.63) is 46.7 Å². The number of nitrogens with zero attached hydrogens (tertiary/aromatic N) is 2. The molecule has 3 heterocycles. The Balaban J connectivity index is 1.54. The molecule has 0 atom stereocenters. The molecule has 9 heteroatoms. The summed E-state index contributed by atoms with van der Waals surface area (Å²) in [6, 6.07) is 7.25. The van der Waals surface area contributed by atoms with E-state index in [9.17, 15) is 13.2 Å². The molecule has 4 nitrogen and oxygen atoms in total. The number of rotatable bonds is 3. The molecule has 3 aromatic rings. The van der Waals surface area contributed by atoms with Crippen molar-refractivity contribution in [3.8, 4) is 21.7 Å². The first-order valence-electron chi connectivity index (χ1n) is 8.26. The molecule has 0 bridgehead atoms. The zero-order valence-electron chi connectivity index (χ0n) is 14.0. The monoisotopic (exact) mass is 408 g/mol. The standard InChI is InChI=1S/C18H15F3N4S2/c19-18(20,21)13-4-1-3-11(7-13)15-8-12(9-26-15)14-10-27-17(24-14)25-16-22-5-2-6-23-16/h1,3-4,7-10H,2,5-6H2,(H2,22,23,24,25). The van der Waals surface area contributed by atoms with Gasteiger partial charge in [-0.05, 0) is 30.2 Å². The van der Waals surface area contributed by atoms with Gasteiger partial charge in [0.25, 0.3) is 0 Å². The molecular formula is C18H15F3N4S2. The Morgan fingerprint density at radius 2 is 1.96 bits per heavy atom. The van der Waals surface area contributed by atoms with Gasteiger partial charge >= 0.3 is 6.18 Å². The van der Waals surface area contributed by atoms with Crippen molar-refractivity contribution in [1.29, 1.82) is 0 Å². The lowest BCUT2D eigenvalue weighted by molar-refractivity contribution is -0.137. The van der Waals surface area contributed by atoms with Crippen LogP contribution in [-0.4, -0.2) is 24.0 Å². The van der Waals surface area contributed by atoms with Crippen LogP contribution in [0.25, 0.3) is 21.7 Å². The van der Waals surface area contributed by atoms with E-state index in [0.717, 1.165) is 52.8 Å². The number of benzene rings is 1. The molecule has 140 valence electrons. The van der Waals surface area contributed by atoms with Gasteiger partial charge in [-0.2, -0.15) is 13.2 Å². The lowest BCUT2D eigenvalue weighted by Crippen LogP contribution is -2.35. The van der Waals surface area contributed by atoms with E-state index in [1.54, 1.807) is 6.07 Å². The van der Waals surface area contributed by atoms with Gasteiger partial charge in [0.05, 0.1) is 11.3 Å². The maximum atomic E-state index is 12.9. The molecule has 0 aliphatic carbocycles. The number of guanidine groups is 1. The highest BCUT2D eigenvalue weighted by Crippen LogP contribution is 2.36. The SMILES string of the molecule is FC(F)(F)c1cccc(-c2cc(-c3csc(NC4=NCCCN4)n3)cs2)c1. The first-order chi connectivity index (χ1) is 13.0. The first-order valence-corrected chi connectivity index (χ1v) is 10.0. The number of thiophene rings is 1. The smallest absolute Gasteiger partial charge is 0.356 e. The first kappa shape index (κ1) is 18.0. The number of nitrogens with one attached hydrogen (secondary N) is 2. The highest BCUT2D eigenvalue weighted by molar-refractivity contribution is 7.15. The van der Waals surface area contributed by atoms with Crippen LogP contribution >= 0.6 is 22.7 Å². The van der Waals surface area contributed by atoms with Gasteiger partial charge < -0.3 is 10.6 Å².